The van der Waals surface area contributed by atoms with E-state index < -0.39 is 0 Å². The monoisotopic (exact) mass is 301 g/mol. The molecule has 4 heteroatoms. The number of likely N-dealkylation sites (tertiary alicyclic amines) is 1. The number of nitrogens with zero attached hydrogens (tertiary/aromatic N) is 1. The van der Waals surface area contributed by atoms with Crippen molar-refractivity contribution in [1.29, 1.82) is 0 Å². The standard InChI is InChI=1S/C18H23NO3/c20-17-2-1-10-22-18(17)6-8-19(9-7-18)13-14-3-4-16-15(12-14)5-11-21-16/h3-5,11-12,17,20H,1-2,6-10,13H2. The van der Waals surface area contributed by atoms with E-state index in [1.807, 2.05) is 12.1 Å². The highest BCUT2D eigenvalue weighted by molar-refractivity contribution is 5.77. The van der Waals surface area contributed by atoms with Crippen molar-refractivity contribution in [2.75, 3.05) is 19.7 Å². The van der Waals surface area contributed by atoms with Gasteiger partial charge in [-0.05, 0) is 49.4 Å². The maximum Gasteiger partial charge on any atom is 0.133 e. The van der Waals surface area contributed by atoms with Crippen LogP contribution >= 0.6 is 0 Å². The van der Waals surface area contributed by atoms with Gasteiger partial charge >= 0.3 is 0 Å². The van der Waals surface area contributed by atoms with Crippen molar-refractivity contribution in [2.45, 2.75) is 43.9 Å². The Hall–Kier alpha value is -1.36. The number of ether oxygens (including phenoxy) is 1. The van der Waals surface area contributed by atoms with Crippen molar-refractivity contribution >= 4 is 11.0 Å². The number of benzene rings is 1. The van der Waals surface area contributed by atoms with Crippen molar-refractivity contribution in [1.82, 2.24) is 4.90 Å². The van der Waals surface area contributed by atoms with E-state index in [1.54, 1.807) is 6.26 Å². The molecule has 1 aromatic heterocycles. The lowest BCUT2D eigenvalue weighted by molar-refractivity contribution is -0.177. The van der Waals surface area contributed by atoms with Crippen LogP contribution < -0.4 is 0 Å². The second-order valence-corrected chi connectivity index (χ2v) is 6.64. The number of hydrogen-bond acceptors (Lipinski definition) is 4. The predicted molar refractivity (Wildman–Crippen MR) is 84.6 cm³/mol. The third-order valence-corrected chi connectivity index (χ3v) is 5.24. The number of rotatable bonds is 2. The minimum absolute atomic E-state index is 0.275. The van der Waals surface area contributed by atoms with Gasteiger partial charge in [0.15, 0.2) is 0 Å². The minimum atomic E-state index is -0.286. The number of aliphatic hydroxyl groups is 1. The molecule has 2 saturated heterocycles. The van der Waals surface area contributed by atoms with Crippen LogP contribution in [0.15, 0.2) is 34.9 Å². The zero-order valence-corrected chi connectivity index (χ0v) is 12.8. The molecule has 1 spiro atoms. The van der Waals surface area contributed by atoms with Crippen LogP contribution in [0.2, 0.25) is 0 Å². The Bertz CT molecular complexity index is 643. The zero-order chi connectivity index (χ0) is 15.0. The number of fused-ring (bicyclic) bond motifs is 1. The zero-order valence-electron chi connectivity index (χ0n) is 12.8. The molecule has 0 radical (unpaired) electrons. The van der Waals surface area contributed by atoms with E-state index in [2.05, 4.69) is 17.0 Å². The van der Waals surface area contributed by atoms with Crippen molar-refractivity contribution in [3.05, 3.63) is 36.1 Å². The Morgan fingerprint density at radius 1 is 1.23 bits per heavy atom. The van der Waals surface area contributed by atoms with Crippen LogP contribution in [-0.4, -0.2) is 41.4 Å². The van der Waals surface area contributed by atoms with Crippen molar-refractivity contribution in [3.63, 3.8) is 0 Å². The molecule has 1 unspecified atom stereocenters. The largest absolute Gasteiger partial charge is 0.464 e. The maximum absolute atomic E-state index is 10.3. The van der Waals surface area contributed by atoms with Crippen molar-refractivity contribution in [3.8, 4) is 0 Å². The summed E-state index contributed by atoms with van der Waals surface area (Å²) in [6, 6.07) is 8.40. The van der Waals surface area contributed by atoms with E-state index in [4.69, 9.17) is 9.15 Å². The third-order valence-electron chi connectivity index (χ3n) is 5.24. The summed E-state index contributed by atoms with van der Waals surface area (Å²) in [5, 5.41) is 11.5. The molecule has 2 aliphatic heterocycles. The second kappa shape index (κ2) is 5.69. The fourth-order valence-corrected chi connectivity index (χ4v) is 3.85. The molecule has 4 nitrogen and oxygen atoms in total. The normalized spacial score (nSPS) is 25.8. The van der Waals surface area contributed by atoms with Crippen LogP contribution in [0.4, 0.5) is 0 Å². The summed E-state index contributed by atoms with van der Waals surface area (Å²) in [6.45, 7) is 3.72. The summed E-state index contributed by atoms with van der Waals surface area (Å²) in [5.74, 6) is 0. The molecule has 22 heavy (non-hydrogen) atoms. The average Bonchev–Trinajstić information content (AvgIpc) is 3.00. The van der Waals surface area contributed by atoms with Crippen LogP contribution in [0, 0.1) is 0 Å². The molecule has 118 valence electrons. The summed E-state index contributed by atoms with van der Waals surface area (Å²) >= 11 is 0. The van der Waals surface area contributed by atoms with Gasteiger partial charge in [-0.2, -0.15) is 0 Å². The van der Waals surface area contributed by atoms with Gasteiger partial charge in [-0.15, -0.1) is 0 Å². The molecule has 1 atom stereocenters. The Morgan fingerprint density at radius 2 is 2.09 bits per heavy atom. The lowest BCUT2D eigenvalue weighted by Crippen LogP contribution is -2.55. The van der Waals surface area contributed by atoms with Crippen molar-refractivity contribution < 1.29 is 14.3 Å². The molecule has 0 saturated carbocycles. The van der Waals surface area contributed by atoms with Gasteiger partial charge in [0.1, 0.15) is 5.58 Å². The molecule has 2 fully saturated rings. The van der Waals surface area contributed by atoms with E-state index in [0.717, 1.165) is 62.9 Å². The van der Waals surface area contributed by atoms with Crippen LogP contribution in [0.25, 0.3) is 11.0 Å². The van der Waals surface area contributed by atoms with Gasteiger partial charge in [-0.25, -0.2) is 0 Å². The topological polar surface area (TPSA) is 45.8 Å². The summed E-state index contributed by atoms with van der Waals surface area (Å²) in [5.41, 5.74) is 1.98. The fraction of sp³-hybridized carbons (Fsp3) is 0.556. The van der Waals surface area contributed by atoms with Gasteiger partial charge in [0, 0.05) is 31.6 Å². The Morgan fingerprint density at radius 3 is 2.91 bits per heavy atom. The van der Waals surface area contributed by atoms with Crippen molar-refractivity contribution in [2.24, 2.45) is 0 Å². The molecular formula is C18H23NO3. The number of furan rings is 1. The van der Waals surface area contributed by atoms with Crippen LogP contribution in [0.1, 0.15) is 31.2 Å². The summed E-state index contributed by atoms with van der Waals surface area (Å²) in [7, 11) is 0. The first kappa shape index (κ1) is 14.2. The summed E-state index contributed by atoms with van der Waals surface area (Å²) in [6.07, 6.45) is 5.19. The van der Waals surface area contributed by atoms with Gasteiger partial charge in [-0.1, -0.05) is 6.07 Å². The van der Waals surface area contributed by atoms with Crippen LogP contribution in [-0.2, 0) is 11.3 Å². The lowest BCUT2D eigenvalue weighted by Gasteiger charge is -2.46. The Kier molecular flexibility index (Phi) is 3.68. The average molecular weight is 301 g/mol. The first-order chi connectivity index (χ1) is 10.8. The molecule has 0 bridgehead atoms. The first-order valence-electron chi connectivity index (χ1n) is 8.26. The van der Waals surface area contributed by atoms with E-state index in [1.165, 1.54) is 5.56 Å². The van der Waals surface area contributed by atoms with Gasteiger partial charge in [0.25, 0.3) is 0 Å². The Balaban J connectivity index is 1.41. The molecule has 2 aliphatic rings. The molecule has 1 aromatic carbocycles. The highest BCUT2D eigenvalue weighted by Gasteiger charge is 2.43. The molecule has 0 amide bonds. The Labute approximate surface area is 130 Å². The molecule has 1 N–H and O–H groups in total. The molecule has 2 aromatic rings. The van der Waals surface area contributed by atoms with Crippen LogP contribution in [0.5, 0.6) is 0 Å². The van der Waals surface area contributed by atoms with E-state index in [-0.39, 0.29) is 11.7 Å². The first-order valence-corrected chi connectivity index (χ1v) is 8.26. The molecule has 3 heterocycles. The van der Waals surface area contributed by atoms with Gasteiger partial charge in [-0.3, -0.25) is 4.90 Å². The molecule has 0 aliphatic carbocycles. The van der Waals surface area contributed by atoms with Gasteiger partial charge in [0.05, 0.1) is 18.0 Å². The summed E-state index contributed by atoms with van der Waals surface area (Å²) in [4.78, 5) is 2.46. The minimum Gasteiger partial charge on any atom is -0.464 e. The quantitative estimate of drug-likeness (QED) is 0.926. The number of piperidine rings is 1. The van der Waals surface area contributed by atoms with Gasteiger partial charge < -0.3 is 14.3 Å². The summed E-state index contributed by atoms with van der Waals surface area (Å²) < 4.78 is 11.4. The predicted octanol–water partition coefficient (Wildman–Crippen LogP) is 2.94. The second-order valence-electron chi connectivity index (χ2n) is 6.64. The van der Waals surface area contributed by atoms with E-state index in [9.17, 15) is 5.11 Å². The fourth-order valence-electron chi connectivity index (χ4n) is 3.85. The smallest absolute Gasteiger partial charge is 0.133 e. The maximum atomic E-state index is 10.3. The molecule has 4 rings (SSSR count). The SMILES string of the molecule is OC1CCCOC12CCN(Cc1ccc3occc3c1)CC2. The molecular weight excluding hydrogens is 278 g/mol. The van der Waals surface area contributed by atoms with Crippen LogP contribution in [0.3, 0.4) is 0 Å². The van der Waals surface area contributed by atoms with Gasteiger partial charge in [0.2, 0.25) is 0 Å². The van der Waals surface area contributed by atoms with E-state index in [0.29, 0.717) is 0 Å². The number of hydrogen-bond donors (Lipinski definition) is 1. The highest BCUT2D eigenvalue weighted by Crippen LogP contribution is 2.35. The lowest BCUT2D eigenvalue weighted by atomic mass is 9.82. The number of aliphatic hydroxyl groups excluding tert-OH is 1. The highest BCUT2D eigenvalue weighted by atomic mass is 16.5. The van der Waals surface area contributed by atoms with E-state index >= 15 is 0 Å². The third kappa shape index (κ3) is 2.56.